The van der Waals surface area contributed by atoms with E-state index in [9.17, 15) is 9.18 Å². The fourth-order valence-electron chi connectivity index (χ4n) is 3.58. The van der Waals surface area contributed by atoms with E-state index in [1.165, 1.54) is 12.1 Å². The van der Waals surface area contributed by atoms with Crippen LogP contribution in [0.1, 0.15) is 17.5 Å². The summed E-state index contributed by atoms with van der Waals surface area (Å²) >= 11 is 0. The predicted octanol–water partition coefficient (Wildman–Crippen LogP) is 5.06. The second-order valence-corrected chi connectivity index (χ2v) is 7.48. The molecule has 0 bridgehead atoms. The van der Waals surface area contributed by atoms with E-state index < -0.39 is 0 Å². The molecule has 1 unspecified atom stereocenters. The first-order valence-corrected chi connectivity index (χ1v) is 10.3. The van der Waals surface area contributed by atoms with Gasteiger partial charge in [-0.1, -0.05) is 59.8 Å². The highest BCUT2D eigenvalue weighted by atomic mass is 19.1. The maximum absolute atomic E-state index is 13.6. The van der Waals surface area contributed by atoms with Gasteiger partial charge in [0.1, 0.15) is 11.6 Å². The molecule has 7 heteroatoms. The van der Waals surface area contributed by atoms with E-state index in [1.807, 2.05) is 42.5 Å². The number of oxime groups is 1. The number of amides is 2. The third-order valence-electron chi connectivity index (χ3n) is 5.17. The molecule has 2 amide bonds. The molecule has 1 N–H and O–H groups in total. The number of hydrogen-bond donors (Lipinski definition) is 1. The van der Waals surface area contributed by atoms with E-state index in [4.69, 9.17) is 9.57 Å². The molecule has 164 valence electrons. The lowest BCUT2D eigenvalue weighted by Crippen LogP contribution is -2.40. The quantitative estimate of drug-likeness (QED) is 0.566. The van der Waals surface area contributed by atoms with E-state index in [1.54, 1.807) is 36.3 Å². The summed E-state index contributed by atoms with van der Waals surface area (Å²) in [6.45, 7) is 0.717. The van der Waals surface area contributed by atoms with Crippen molar-refractivity contribution in [1.82, 2.24) is 4.90 Å². The number of para-hydroxylation sites is 2. The van der Waals surface area contributed by atoms with Crippen LogP contribution in [0.25, 0.3) is 0 Å². The Bertz CT molecular complexity index is 1100. The van der Waals surface area contributed by atoms with Crippen molar-refractivity contribution in [2.75, 3.05) is 19.0 Å². The zero-order valence-electron chi connectivity index (χ0n) is 17.7. The van der Waals surface area contributed by atoms with Gasteiger partial charge in [0.25, 0.3) is 0 Å². The number of methoxy groups -OCH3 is 1. The number of ether oxygens (including phenoxy) is 1. The third kappa shape index (κ3) is 5.24. The van der Waals surface area contributed by atoms with Gasteiger partial charge in [0.15, 0.2) is 6.10 Å². The summed E-state index contributed by atoms with van der Waals surface area (Å²) in [4.78, 5) is 20.5. The minimum atomic E-state index is -0.333. The van der Waals surface area contributed by atoms with Crippen LogP contribution in [0.4, 0.5) is 14.9 Å². The van der Waals surface area contributed by atoms with Gasteiger partial charge in [0, 0.05) is 18.5 Å². The Balaban J connectivity index is 1.48. The van der Waals surface area contributed by atoms with Crippen molar-refractivity contribution in [3.63, 3.8) is 0 Å². The molecule has 0 aromatic heterocycles. The lowest BCUT2D eigenvalue weighted by atomic mass is 10.0. The molecule has 0 radical (unpaired) electrons. The van der Waals surface area contributed by atoms with Gasteiger partial charge < -0.3 is 19.8 Å². The molecule has 0 aliphatic carbocycles. The van der Waals surface area contributed by atoms with Crippen molar-refractivity contribution >= 4 is 17.4 Å². The zero-order chi connectivity index (χ0) is 22.3. The monoisotopic (exact) mass is 433 g/mol. The number of benzene rings is 3. The van der Waals surface area contributed by atoms with Crippen LogP contribution in [0.5, 0.6) is 5.75 Å². The van der Waals surface area contributed by atoms with Crippen LogP contribution < -0.4 is 10.1 Å². The fourth-order valence-corrected chi connectivity index (χ4v) is 3.58. The average molecular weight is 433 g/mol. The van der Waals surface area contributed by atoms with Gasteiger partial charge in [-0.2, -0.15) is 0 Å². The molecular weight excluding hydrogens is 409 g/mol. The molecule has 3 aromatic carbocycles. The largest absolute Gasteiger partial charge is 0.495 e. The van der Waals surface area contributed by atoms with Gasteiger partial charge in [0.05, 0.1) is 25.1 Å². The van der Waals surface area contributed by atoms with Crippen LogP contribution in [0.3, 0.4) is 0 Å². The zero-order valence-corrected chi connectivity index (χ0v) is 17.7. The Morgan fingerprint density at radius 1 is 1.12 bits per heavy atom. The number of halogens is 1. The molecule has 6 nitrogen and oxygen atoms in total. The first-order valence-electron chi connectivity index (χ1n) is 10.3. The number of urea groups is 1. The molecule has 3 aromatic rings. The normalized spacial score (nSPS) is 14.9. The number of nitrogens with one attached hydrogen (secondary N) is 1. The Labute approximate surface area is 186 Å². The second-order valence-electron chi connectivity index (χ2n) is 7.48. The van der Waals surface area contributed by atoms with Crippen molar-refractivity contribution in [3.05, 3.63) is 95.8 Å². The van der Waals surface area contributed by atoms with E-state index in [0.717, 1.165) is 5.56 Å². The maximum atomic E-state index is 13.6. The first kappa shape index (κ1) is 21.4. The van der Waals surface area contributed by atoms with Gasteiger partial charge in [-0.05, 0) is 29.8 Å². The minimum Gasteiger partial charge on any atom is -0.495 e. The highest BCUT2D eigenvalue weighted by Gasteiger charge is 2.27. The van der Waals surface area contributed by atoms with Crippen LogP contribution in [0.2, 0.25) is 0 Å². The van der Waals surface area contributed by atoms with Gasteiger partial charge in [0.2, 0.25) is 0 Å². The van der Waals surface area contributed by atoms with Crippen molar-refractivity contribution in [1.29, 1.82) is 0 Å². The van der Waals surface area contributed by atoms with Crippen molar-refractivity contribution in [3.8, 4) is 5.75 Å². The highest BCUT2D eigenvalue weighted by Crippen LogP contribution is 2.24. The Morgan fingerprint density at radius 3 is 2.69 bits per heavy atom. The summed E-state index contributed by atoms with van der Waals surface area (Å²) in [5.41, 5.74) is 2.92. The van der Waals surface area contributed by atoms with E-state index in [-0.39, 0.29) is 18.0 Å². The van der Waals surface area contributed by atoms with Crippen molar-refractivity contribution in [2.45, 2.75) is 19.1 Å². The van der Waals surface area contributed by atoms with Crippen LogP contribution in [0.15, 0.2) is 84.0 Å². The topological polar surface area (TPSA) is 63.2 Å². The summed E-state index contributed by atoms with van der Waals surface area (Å²) in [6, 6.07) is 23.0. The number of anilines is 1. The Hall–Kier alpha value is -3.87. The van der Waals surface area contributed by atoms with Gasteiger partial charge in [-0.3, -0.25) is 0 Å². The van der Waals surface area contributed by atoms with Crippen molar-refractivity contribution in [2.24, 2.45) is 5.16 Å². The summed E-state index contributed by atoms with van der Waals surface area (Å²) in [5.74, 6) is 0.255. The first-order chi connectivity index (χ1) is 15.6. The third-order valence-corrected chi connectivity index (χ3v) is 5.17. The summed E-state index contributed by atoms with van der Waals surface area (Å²) in [7, 11) is 1.56. The number of carbonyl (C=O) groups is 1. The van der Waals surface area contributed by atoms with Crippen molar-refractivity contribution < 1.29 is 18.8 Å². The lowest BCUT2D eigenvalue weighted by Gasteiger charge is -2.25. The molecule has 0 saturated carbocycles. The van der Waals surface area contributed by atoms with Gasteiger partial charge in [-0.25, -0.2) is 9.18 Å². The van der Waals surface area contributed by atoms with E-state index >= 15 is 0 Å². The highest BCUT2D eigenvalue weighted by molar-refractivity contribution is 6.01. The number of carbonyl (C=O) groups excluding carboxylic acids is 1. The molecular formula is C25H24FN3O3. The second kappa shape index (κ2) is 9.96. The molecule has 0 spiro atoms. The van der Waals surface area contributed by atoms with Crippen LogP contribution in [-0.4, -0.2) is 36.4 Å². The number of nitrogens with zero attached hydrogens (tertiary/aromatic N) is 2. The molecule has 4 rings (SSSR count). The molecule has 32 heavy (non-hydrogen) atoms. The van der Waals surface area contributed by atoms with E-state index in [2.05, 4.69) is 10.5 Å². The molecule has 1 atom stereocenters. The van der Waals surface area contributed by atoms with Crippen LogP contribution in [0, 0.1) is 5.82 Å². The fraction of sp³-hybridized carbons (Fsp3) is 0.200. The Kier molecular flexibility index (Phi) is 6.65. The summed E-state index contributed by atoms with van der Waals surface area (Å²) in [5, 5.41) is 7.06. The summed E-state index contributed by atoms with van der Waals surface area (Å²) < 4.78 is 18.9. The number of rotatable bonds is 7. The minimum absolute atomic E-state index is 0.277. The van der Waals surface area contributed by atoms with E-state index in [0.29, 0.717) is 42.2 Å². The SMILES string of the molecule is COc1ccccc1NC(=O)N(Cc1ccccc1)CC1CC(c2cccc(F)c2)=NO1. The molecule has 0 saturated heterocycles. The molecule has 1 heterocycles. The number of hydrogen-bond acceptors (Lipinski definition) is 4. The molecule has 1 aliphatic rings. The lowest BCUT2D eigenvalue weighted by molar-refractivity contribution is 0.0608. The maximum Gasteiger partial charge on any atom is 0.322 e. The average Bonchev–Trinajstić information content (AvgIpc) is 3.28. The standard InChI is InChI=1S/C25H24FN3O3/c1-31-24-13-6-5-12-22(24)27-25(30)29(16-18-8-3-2-4-9-18)17-21-15-23(28-32-21)19-10-7-11-20(26)14-19/h2-14,21H,15-17H2,1H3,(H,27,30). The smallest absolute Gasteiger partial charge is 0.322 e. The van der Waals surface area contributed by atoms with Crippen LogP contribution in [-0.2, 0) is 11.4 Å². The Morgan fingerprint density at radius 2 is 1.91 bits per heavy atom. The molecule has 1 aliphatic heterocycles. The van der Waals surface area contributed by atoms with Gasteiger partial charge >= 0.3 is 6.03 Å². The summed E-state index contributed by atoms with van der Waals surface area (Å²) in [6.07, 6.45) is 0.150. The van der Waals surface area contributed by atoms with Crippen LogP contribution >= 0.6 is 0 Å². The van der Waals surface area contributed by atoms with Gasteiger partial charge in [-0.15, -0.1) is 0 Å². The predicted molar refractivity (Wildman–Crippen MR) is 121 cm³/mol. The molecule has 0 fully saturated rings.